The third-order valence-electron chi connectivity index (χ3n) is 3.66. The summed E-state index contributed by atoms with van der Waals surface area (Å²) in [6, 6.07) is 3.78. The molecule has 0 unspecified atom stereocenters. The highest BCUT2D eigenvalue weighted by atomic mass is 16.5. The Bertz CT molecular complexity index is 541. The molecule has 2 rings (SSSR count). The van der Waals surface area contributed by atoms with Crippen LogP contribution in [0.5, 0.6) is 5.88 Å². The molecule has 0 bridgehead atoms. The molecule has 0 radical (unpaired) electrons. The summed E-state index contributed by atoms with van der Waals surface area (Å²) in [4.78, 5) is 22.6. The Morgan fingerprint density at radius 2 is 2.17 bits per heavy atom. The maximum Gasteiger partial charge on any atom is 0.241 e. The van der Waals surface area contributed by atoms with Crippen LogP contribution in [-0.4, -0.2) is 55.0 Å². The topological polar surface area (TPSA) is 78.9 Å². The zero-order valence-electron chi connectivity index (χ0n) is 13.8. The van der Waals surface area contributed by atoms with Crippen LogP contribution in [0.4, 0.5) is 0 Å². The highest BCUT2D eigenvalue weighted by molar-refractivity contribution is 5.86. The van der Waals surface area contributed by atoms with E-state index in [0.29, 0.717) is 18.4 Å². The molecular formula is C16H25N5O2. The fourth-order valence-corrected chi connectivity index (χ4v) is 2.47. The van der Waals surface area contributed by atoms with Crippen molar-refractivity contribution in [2.45, 2.75) is 26.3 Å². The van der Waals surface area contributed by atoms with Gasteiger partial charge in [0, 0.05) is 31.4 Å². The molecule has 23 heavy (non-hydrogen) atoms. The van der Waals surface area contributed by atoms with Gasteiger partial charge in [0.15, 0.2) is 5.96 Å². The number of aliphatic imine (C=N–C) groups is 1. The third kappa shape index (κ3) is 5.12. The predicted octanol–water partition coefficient (Wildman–Crippen LogP) is 0.768. The maximum atomic E-state index is 12.1. The SMILES string of the molecule is CCNC(=NCc1cccnc1OC)NCC(=O)N1CCCC1. The van der Waals surface area contributed by atoms with E-state index in [9.17, 15) is 4.79 Å². The molecule has 1 aliphatic rings. The first-order chi connectivity index (χ1) is 11.2. The van der Waals surface area contributed by atoms with Crippen molar-refractivity contribution in [1.82, 2.24) is 20.5 Å². The van der Waals surface area contributed by atoms with E-state index in [0.717, 1.165) is 38.0 Å². The third-order valence-corrected chi connectivity index (χ3v) is 3.66. The second-order valence-corrected chi connectivity index (χ2v) is 5.31. The van der Waals surface area contributed by atoms with Gasteiger partial charge in [-0.1, -0.05) is 6.07 Å². The van der Waals surface area contributed by atoms with E-state index in [1.807, 2.05) is 24.0 Å². The summed E-state index contributed by atoms with van der Waals surface area (Å²) in [5, 5.41) is 6.23. The number of carbonyl (C=O) groups is 1. The Hall–Kier alpha value is -2.31. The molecule has 1 aromatic rings. The zero-order chi connectivity index (χ0) is 16.5. The van der Waals surface area contributed by atoms with Gasteiger partial charge >= 0.3 is 0 Å². The second-order valence-electron chi connectivity index (χ2n) is 5.31. The highest BCUT2D eigenvalue weighted by Crippen LogP contribution is 2.14. The first-order valence-corrected chi connectivity index (χ1v) is 8.02. The minimum absolute atomic E-state index is 0.118. The molecule has 1 aromatic heterocycles. The average molecular weight is 319 g/mol. The number of hydrogen-bond donors (Lipinski definition) is 2. The first-order valence-electron chi connectivity index (χ1n) is 8.02. The number of nitrogens with one attached hydrogen (secondary N) is 2. The van der Waals surface area contributed by atoms with Crippen LogP contribution >= 0.6 is 0 Å². The Morgan fingerprint density at radius 1 is 1.39 bits per heavy atom. The van der Waals surface area contributed by atoms with E-state index in [-0.39, 0.29) is 12.5 Å². The van der Waals surface area contributed by atoms with Gasteiger partial charge < -0.3 is 20.3 Å². The Morgan fingerprint density at radius 3 is 2.87 bits per heavy atom. The lowest BCUT2D eigenvalue weighted by Crippen LogP contribution is -2.44. The molecular weight excluding hydrogens is 294 g/mol. The number of amides is 1. The van der Waals surface area contributed by atoms with Crippen molar-refractivity contribution in [2.24, 2.45) is 4.99 Å². The van der Waals surface area contributed by atoms with Crippen LogP contribution in [-0.2, 0) is 11.3 Å². The van der Waals surface area contributed by atoms with E-state index in [4.69, 9.17) is 4.74 Å². The van der Waals surface area contributed by atoms with Crippen LogP contribution in [0.3, 0.4) is 0 Å². The van der Waals surface area contributed by atoms with Gasteiger partial charge in [-0.2, -0.15) is 0 Å². The van der Waals surface area contributed by atoms with E-state index in [1.165, 1.54) is 0 Å². The van der Waals surface area contributed by atoms with Crippen molar-refractivity contribution in [3.63, 3.8) is 0 Å². The molecule has 2 heterocycles. The maximum absolute atomic E-state index is 12.1. The molecule has 2 N–H and O–H groups in total. The molecule has 1 fully saturated rings. The van der Waals surface area contributed by atoms with Gasteiger partial charge in [0.1, 0.15) is 0 Å². The minimum atomic E-state index is 0.118. The van der Waals surface area contributed by atoms with Crippen molar-refractivity contribution < 1.29 is 9.53 Å². The lowest BCUT2D eigenvalue weighted by atomic mass is 10.3. The Labute approximate surface area is 137 Å². The predicted molar refractivity (Wildman–Crippen MR) is 89.4 cm³/mol. The summed E-state index contributed by atoms with van der Waals surface area (Å²) in [5.41, 5.74) is 0.901. The molecule has 0 aromatic carbocycles. The van der Waals surface area contributed by atoms with Gasteiger partial charge in [-0.15, -0.1) is 0 Å². The quantitative estimate of drug-likeness (QED) is 0.598. The fourth-order valence-electron chi connectivity index (χ4n) is 2.47. The molecule has 0 saturated carbocycles. The van der Waals surface area contributed by atoms with Crippen LogP contribution in [0, 0.1) is 0 Å². The summed E-state index contributed by atoms with van der Waals surface area (Å²) < 4.78 is 5.22. The number of likely N-dealkylation sites (tertiary alicyclic amines) is 1. The molecule has 1 saturated heterocycles. The lowest BCUT2D eigenvalue weighted by molar-refractivity contribution is -0.128. The van der Waals surface area contributed by atoms with E-state index in [2.05, 4.69) is 20.6 Å². The van der Waals surface area contributed by atoms with E-state index < -0.39 is 0 Å². The number of aromatic nitrogens is 1. The van der Waals surface area contributed by atoms with Crippen molar-refractivity contribution in [3.05, 3.63) is 23.9 Å². The van der Waals surface area contributed by atoms with Crippen LogP contribution < -0.4 is 15.4 Å². The van der Waals surface area contributed by atoms with Crippen LogP contribution in [0.15, 0.2) is 23.3 Å². The number of hydrogen-bond acceptors (Lipinski definition) is 4. The molecule has 1 aliphatic heterocycles. The summed E-state index contributed by atoms with van der Waals surface area (Å²) in [5.74, 6) is 1.30. The standard InChI is InChI=1S/C16H25N5O2/c1-3-17-16(20-12-14(22)21-9-4-5-10-21)19-11-13-7-6-8-18-15(13)23-2/h6-8H,3-5,9-12H2,1-2H3,(H2,17,19,20). The number of ether oxygens (including phenoxy) is 1. The summed E-state index contributed by atoms with van der Waals surface area (Å²) in [7, 11) is 1.59. The first kappa shape index (κ1) is 17.1. The molecule has 0 aliphatic carbocycles. The number of rotatable bonds is 6. The fraction of sp³-hybridized carbons (Fsp3) is 0.562. The summed E-state index contributed by atoms with van der Waals surface area (Å²) in [6.45, 7) is 5.14. The van der Waals surface area contributed by atoms with Gasteiger partial charge in [0.05, 0.1) is 20.2 Å². The number of nitrogens with zero attached hydrogens (tertiary/aromatic N) is 3. The molecule has 126 valence electrons. The molecule has 7 heteroatoms. The number of carbonyl (C=O) groups excluding carboxylic acids is 1. The number of guanidine groups is 1. The molecule has 0 atom stereocenters. The van der Waals surface area contributed by atoms with Crippen molar-refractivity contribution in [3.8, 4) is 5.88 Å². The van der Waals surface area contributed by atoms with Crippen LogP contribution in [0.2, 0.25) is 0 Å². The largest absolute Gasteiger partial charge is 0.481 e. The van der Waals surface area contributed by atoms with Crippen molar-refractivity contribution >= 4 is 11.9 Å². The van der Waals surface area contributed by atoms with E-state index in [1.54, 1.807) is 13.3 Å². The van der Waals surface area contributed by atoms with Gasteiger partial charge in [0.2, 0.25) is 11.8 Å². The smallest absolute Gasteiger partial charge is 0.241 e. The minimum Gasteiger partial charge on any atom is -0.481 e. The highest BCUT2D eigenvalue weighted by Gasteiger charge is 2.17. The average Bonchev–Trinajstić information content (AvgIpc) is 3.12. The van der Waals surface area contributed by atoms with Gasteiger partial charge in [-0.3, -0.25) is 4.79 Å². The Balaban J connectivity index is 1.92. The van der Waals surface area contributed by atoms with Crippen molar-refractivity contribution in [1.29, 1.82) is 0 Å². The van der Waals surface area contributed by atoms with Crippen LogP contribution in [0.1, 0.15) is 25.3 Å². The monoisotopic (exact) mass is 319 g/mol. The van der Waals surface area contributed by atoms with Gasteiger partial charge in [0.25, 0.3) is 0 Å². The summed E-state index contributed by atoms with van der Waals surface area (Å²) in [6.07, 6.45) is 3.88. The second kappa shape index (κ2) is 8.97. The molecule has 7 nitrogen and oxygen atoms in total. The van der Waals surface area contributed by atoms with Crippen molar-refractivity contribution in [2.75, 3.05) is 33.3 Å². The number of pyridine rings is 1. The van der Waals surface area contributed by atoms with Gasteiger partial charge in [-0.25, -0.2) is 9.98 Å². The normalized spacial score (nSPS) is 14.7. The van der Waals surface area contributed by atoms with E-state index >= 15 is 0 Å². The lowest BCUT2D eigenvalue weighted by Gasteiger charge is -2.17. The zero-order valence-corrected chi connectivity index (χ0v) is 13.8. The van der Waals surface area contributed by atoms with Gasteiger partial charge in [-0.05, 0) is 25.8 Å². The molecule has 1 amide bonds. The Kier molecular flexibility index (Phi) is 6.65. The van der Waals surface area contributed by atoms with Crippen LogP contribution in [0.25, 0.3) is 0 Å². The summed E-state index contributed by atoms with van der Waals surface area (Å²) >= 11 is 0. The molecule has 0 spiro atoms. The number of methoxy groups -OCH3 is 1.